The van der Waals surface area contributed by atoms with E-state index in [1.165, 1.54) is 34.6 Å². The van der Waals surface area contributed by atoms with E-state index >= 15 is 4.39 Å². The van der Waals surface area contributed by atoms with Crippen LogP contribution in [0.2, 0.25) is 0 Å². The number of hydrogen-bond donors (Lipinski definition) is 3. The van der Waals surface area contributed by atoms with Gasteiger partial charge in [-0.1, -0.05) is 42.5 Å². The van der Waals surface area contributed by atoms with Crippen molar-refractivity contribution in [3.8, 4) is 22.3 Å². The average molecular weight is 931 g/mol. The Kier molecular flexibility index (Phi) is 12.0. The molecule has 7 aromatic rings. The largest absolute Gasteiger partial charge is 0.354 e. The van der Waals surface area contributed by atoms with Gasteiger partial charge in [0, 0.05) is 70.2 Å². The molecule has 3 aromatic heterocycles. The Labute approximate surface area is 396 Å². The van der Waals surface area contributed by atoms with Gasteiger partial charge in [-0.25, -0.2) is 9.18 Å². The molecule has 0 aliphatic carbocycles. The number of nitrogens with zero attached hydrogens (tertiary/aromatic N) is 7. The van der Waals surface area contributed by atoms with Gasteiger partial charge in [-0.3, -0.25) is 48.1 Å². The summed E-state index contributed by atoms with van der Waals surface area (Å²) in [5, 5.41) is 12.1. The van der Waals surface area contributed by atoms with Gasteiger partial charge < -0.3 is 20.4 Å². The molecule has 1 atom stereocenters. The first-order valence-corrected chi connectivity index (χ1v) is 23.3. The summed E-state index contributed by atoms with van der Waals surface area (Å²) < 4.78 is 21.9. The summed E-state index contributed by atoms with van der Waals surface area (Å²) in [5.41, 5.74) is 7.28. The van der Waals surface area contributed by atoms with Gasteiger partial charge in [0.05, 0.1) is 21.9 Å². The number of piperidine rings is 2. The number of fused-ring (bicyclic) bond motifs is 2. The second-order valence-electron chi connectivity index (χ2n) is 18.1. The fourth-order valence-electron chi connectivity index (χ4n) is 10.4. The van der Waals surface area contributed by atoms with E-state index in [0.717, 1.165) is 72.4 Å². The summed E-state index contributed by atoms with van der Waals surface area (Å²) >= 11 is 0. The highest BCUT2D eigenvalue weighted by atomic mass is 19.1. The summed E-state index contributed by atoms with van der Waals surface area (Å²) in [6.07, 6.45) is 5.61. The van der Waals surface area contributed by atoms with Crippen molar-refractivity contribution in [2.45, 2.75) is 56.9 Å². The van der Waals surface area contributed by atoms with E-state index in [2.05, 4.69) is 43.1 Å². The van der Waals surface area contributed by atoms with Gasteiger partial charge >= 0.3 is 5.69 Å². The monoisotopic (exact) mass is 930 g/mol. The highest BCUT2D eigenvalue weighted by Gasteiger charge is 2.32. The number of aromatic nitrogens is 5. The third-order valence-corrected chi connectivity index (χ3v) is 14.0. The second kappa shape index (κ2) is 18.4. The molecule has 0 spiro atoms. The van der Waals surface area contributed by atoms with Crippen LogP contribution in [0.3, 0.4) is 0 Å². The van der Waals surface area contributed by atoms with Crippen LogP contribution in [0.1, 0.15) is 82.6 Å². The smallest absolute Gasteiger partial charge is 0.329 e. The molecule has 0 bridgehead atoms. The van der Waals surface area contributed by atoms with Crippen LogP contribution in [0.4, 0.5) is 15.8 Å². The minimum Gasteiger partial charge on any atom is -0.354 e. The summed E-state index contributed by atoms with van der Waals surface area (Å²) in [6, 6.07) is 25.5. The molecule has 10 rings (SSSR count). The lowest BCUT2D eigenvalue weighted by atomic mass is 9.86. The fourth-order valence-corrected chi connectivity index (χ4v) is 10.4. The molecule has 0 radical (unpaired) electrons. The number of benzene rings is 4. The van der Waals surface area contributed by atoms with Crippen LogP contribution in [0.5, 0.6) is 0 Å². The van der Waals surface area contributed by atoms with E-state index in [9.17, 15) is 28.8 Å². The number of imide groups is 1. The number of nitrogens with one attached hydrogen (secondary N) is 3. The molecule has 5 amide bonds. The van der Waals surface area contributed by atoms with Gasteiger partial charge in [-0.15, -0.1) is 0 Å². The summed E-state index contributed by atoms with van der Waals surface area (Å²) in [6.45, 7) is 3.10. The van der Waals surface area contributed by atoms with Crippen LogP contribution in [-0.4, -0.2) is 91.6 Å². The molecule has 3 N–H and O–H groups in total. The zero-order valence-corrected chi connectivity index (χ0v) is 38.6. The van der Waals surface area contributed by atoms with Crippen molar-refractivity contribution >= 4 is 62.8 Å². The summed E-state index contributed by atoms with van der Waals surface area (Å²) in [4.78, 5) is 85.5. The van der Waals surface area contributed by atoms with Gasteiger partial charge in [0.1, 0.15) is 17.6 Å². The molecule has 6 heterocycles. The fraction of sp³-hybridized carbons (Fsp3) is 0.308. The predicted octanol–water partition coefficient (Wildman–Crippen LogP) is 6.23. The Bertz CT molecular complexity index is 3310. The SMILES string of the molecule is CNC(=O)c1cc(NC(=O)c2nn(C)c3ccc(-c4ccc(N5CCCC5=O)cc4-c4cccc(C5CCN(CCc6cccc7c6n(C)c(=O)n7C6CCC(=O)NC6=O)CC5)c4)c(F)c23)ccn1. The zero-order valence-electron chi connectivity index (χ0n) is 38.6. The lowest BCUT2D eigenvalue weighted by Crippen LogP contribution is -2.44. The van der Waals surface area contributed by atoms with Crippen LogP contribution in [0, 0.1) is 5.82 Å². The minimum atomic E-state index is -0.741. The van der Waals surface area contributed by atoms with Crippen LogP contribution in [0.15, 0.2) is 95.9 Å². The summed E-state index contributed by atoms with van der Waals surface area (Å²) in [7, 11) is 4.86. The number of rotatable bonds is 11. The number of para-hydroxylation sites is 1. The minimum absolute atomic E-state index is 0.0378. The number of halogens is 1. The summed E-state index contributed by atoms with van der Waals surface area (Å²) in [5.74, 6) is -2.18. The highest BCUT2D eigenvalue weighted by Crippen LogP contribution is 2.41. The predicted molar refractivity (Wildman–Crippen MR) is 259 cm³/mol. The second-order valence-corrected chi connectivity index (χ2v) is 18.1. The van der Waals surface area contributed by atoms with Gasteiger partial charge in [0.15, 0.2) is 5.69 Å². The van der Waals surface area contributed by atoms with Crippen LogP contribution in [-0.2, 0) is 34.9 Å². The molecule has 352 valence electrons. The van der Waals surface area contributed by atoms with Crippen LogP contribution >= 0.6 is 0 Å². The third-order valence-electron chi connectivity index (χ3n) is 14.0. The Hall–Kier alpha value is -7.79. The van der Waals surface area contributed by atoms with Crippen molar-refractivity contribution in [2.24, 2.45) is 14.1 Å². The number of anilines is 2. The molecule has 4 aromatic carbocycles. The number of carbonyl (C=O) groups excluding carboxylic acids is 5. The third kappa shape index (κ3) is 8.36. The van der Waals surface area contributed by atoms with Crippen molar-refractivity contribution in [1.82, 2.24) is 39.4 Å². The maximum atomic E-state index is 17.3. The number of likely N-dealkylation sites (tertiary alicyclic amines) is 1. The number of hydrogen-bond acceptors (Lipinski definition) is 9. The maximum absolute atomic E-state index is 17.3. The number of pyridine rings is 1. The normalized spacial score (nSPS) is 17.0. The van der Waals surface area contributed by atoms with Gasteiger partial charge in [-0.2, -0.15) is 5.10 Å². The van der Waals surface area contributed by atoms with Crippen molar-refractivity contribution in [3.05, 3.63) is 130 Å². The molecule has 3 saturated heterocycles. The molecule has 17 heteroatoms. The molecule has 3 fully saturated rings. The molecule has 3 aliphatic rings. The lowest BCUT2D eigenvalue weighted by molar-refractivity contribution is -0.135. The number of aryl methyl sites for hydroxylation is 2. The number of amides is 5. The van der Waals surface area contributed by atoms with E-state index in [1.54, 1.807) is 35.7 Å². The molecular weight excluding hydrogens is 880 g/mol. The first-order valence-electron chi connectivity index (χ1n) is 23.3. The van der Waals surface area contributed by atoms with E-state index in [-0.39, 0.29) is 58.6 Å². The first kappa shape index (κ1) is 45.0. The first-order chi connectivity index (χ1) is 33.4. The maximum Gasteiger partial charge on any atom is 0.329 e. The highest BCUT2D eigenvalue weighted by molar-refractivity contribution is 6.12. The average Bonchev–Trinajstić information content (AvgIpc) is 4.03. The van der Waals surface area contributed by atoms with Crippen molar-refractivity contribution < 1.29 is 28.4 Å². The van der Waals surface area contributed by atoms with Gasteiger partial charge in [0.2, 0.25) is 17.7 Å². The van der Waals surface area contributed by atoms with Crippen molar-refractivity contribution in [2.75, 3.05) is 43.4 Å². The van der Waals surface area contributed by atoms with Crippen molar-refractivity contribution in [3.63, 3.8) is 0 Å². The van der Waals surface area contributed by atoms with Gasteiger partial charge in [-0.05, 0) is 121 Å². The van der Waals surface area contributed by atoms with E-state index in [0.29, 0.717) is 41.7 Å². The van der Waals surface area contributed by atoms with E-state index in [1.807, 2.05) is 48.5 Å². The van der Waals surface area contributed by atoms with Crippen LogP contribution < -0.4 is 26.5 Å². The Morgan fingerprint density at radius 2 is 1.62 bits per heavy atom. The standard InChI is InChI=1S/C52H51FN10O6/c1-54-49(66)39-28-34(18-22-55-39)56-51(68)47-45-40(60(3)58-47)15-14-37(46(45)53)36-13-12-35(62-23-6-11-44(62)65)29-38(36)33-9-4-8-32(27-33)30-19-24-61(25-20-30)26-21-31-7-5-10-41-48(31)59(2)52(69)63(41)42-16-17-43(64)57-50(42)67/h4-5,7-10,12-15,18,22,27-30,42H,6,11,16-17,19-21,23-26H2,1-3H3,(H,54,66)(H,55,56,68)(H,57,64,67). The van der Waals surface area contributed by atoms with E-state index < -0.39 is 29.6 Å². The number of imidazole rings is 1. The lowest BCUT2D eigenvalue weighted by Gasteiger charge is -2.32. The quantitative estimate of drug-likeness (QED) is 0.127. The molecule has 0 saturated carbocycles. The molecule has 1 unspecified atom stereocenters. The Morgan fingerprint density at radius 1 is 0.826 bits per heavy atom. The Morgan fingerprint density at radius 3 is 2.39 bits per heavy atom. The zero-order chi connectivity index (χ0) is 48.1. The molecule has 69 heavy (non-hydrogen) atoms. The molecular formula is C52H51FN10O6. The van der Waals surface area contributed by atoms with Gasteiger partial charge in [0.25, 0.3) is 11.8 Å². The molecule has 3 aliphatic heterocycles. The van der Waals surface area contributed by atoms with Crippen molar-refractivity contribution in [1.29, 1.82) is 0 Å². The number of carbonyl (C=O) groups is 5. The van der Waals surface area contributed by atoms with Crippen LogP contribution in [0.25, 0.3) is 44.2 Å². The molecule has 16 nitrogen and oxygen atoms in total. The van der Waals surface area contributed by atoms with E-state index in [4.69, 9.17) is 0 Å². The Balaban J connectivity index is 0.908. The topological polar surface area (TPSA) is 186 Å².